The Kier molecular flexibility index (Phi) is 7.42. The summed E-state index contributed by atoms with van der Waals surface area (Å²) in [4.78, 5) is 29.8. The van der Waals surface area contributed by atoms with Gasteiger partial charge in [-0.15, -0.1) is 0 Å². The van der Waals surface area contributed by atoms with Gasteiger partial charge in [-0.05, 0) is 61.7 Å². The van der Waals surface area contributed by atoms with E-state index in [1.807, 2.05) is 53.1 Å². The molecule has 0 bridgehead atoms. The monoisotopic (exact) mass is 477 g/mol. The zero-order valence-electron chi connectivity index (χ0n) is 20.2. The van der Waals surface area contributed by atoms with Crippen molar-refractivity contribution in [3.8, 4) is 16.9 Å². The van der Waals surface area contributed by atoms with E-state index in [1.165, 1.54) is 0 Å². The molecule has 4 rings (SSSR count). The Morgan fingerprint density at radius 3 is 2.24 bits per heavy atom. The van der Waals surface area contributed by atoms with Gasteiger partial charge in [0, 0.05) is 49.0 Å². The number of nitrogens with zero attached hydrogens (tertiary/aromatic N) is 3. The minimum Gasteiger partial charge on any atom is -0.339 e. The molecule has 5 nitrogen and oxygen atoms in total. The molecule has 3 aromatic rings. The molecule has 178 valence electrons. The van der Waals surface area contributed by atoms with Crippen LogP contribution >= 0.6 is 11.6 Å². The second kappa shape index (κ2) is 10.5. The van der Waals surface area contributed by atoms with Gasteiger partial charge < -0.3 is 14.4 Å². The van der Waals surface area contributed by atoms with E-state index < -0.39 is 0 Å². The van der Waals surface area contributed by atoms with Gasteiger partial charge in [0.1, 0.15) is 0 Å². The molecular weight excluding hydrogens is 446 g/mol. The summed E-state index contributed by atoms with van der Waals surface area (Å²) in [6.45, 7) is 8.46. The lowest BCUT2D eigenvalue weighted by Crippen LogP contribution is -2.50. The predicted molar refractivity (Wildman–Crippen MR) is 138 cm³/mol. The molecule has 0 unspecified atom stereocenters. The molecule has 1 aliphatic heterocycles. The summed E-state index contributed by atoms with van der Waals surface area (Å²) in [5.74, 6) is 0.209. The van der Waals surface area contributed by atoms with Crippen LogP contribution in [0.1, 0.15) is 47.8 Å². The Morgan fingerprint density at radius 2 is 1.59 bits per heavy atom. The van der Waals surface area contributed by atoms with E-state index in [-0.39, 0.29) is 11.8 Å². The first-order valence-corrected chi connectivity index (χ1v) is 12.4. The fourth-order valence-corrected chi connectivity index (χ4v) is 4.70. The lowest BCUT2D eigenvalue weighted by Gasteiger charge is -2.35. The predicted octanol–water partition coefficient (Wildman–Crippen LogP) is 5.89. The van der Waals surface area contributed by atoms with E-state index in [2.05, 4.69) is 36.6 Å². The third-order valence-corrected chi connectivity index (χ3v) is 6.79. The van der Waals surface area contributed by atoms with Gasteiger partial charge in [-0.25, -0.2) is 0 Å². The molecule has 2 amide bonds. The Hall–Kier alpha value is -3.05. The number of hydrogen-bond acceptors (Lipinski definition) is 2. The number of hydrogen-bond donors (Lipinski definition) is 0. The molecule has 1 aromatic heterocycles. The number of unbranched alkanes of at least 4 members (excludes halogenated alkanes) is 1. The SMILES string of the molecule is CCCCC(=O)N1CCN(C(=O)c2cc(-c3ccc(Cl)cc3)n(-c3cccc(C)c3)c2C)CC1. The Labute approximate surface area is 206 Å². The van der Waals surface area contributed by atoms with Gasteiger partial charge in [0.2, 0.25) is 5.91 Å². The van der Waals surface area contributed by atoms with Crippen LogP contribution in [0.2, 0.25) is 5.02 Å². The number of amides is 2. The quantitative estimate of drug-likeness (QED) is 0.444. The molecule has 6 heteroatoms. The third kappa shape index (κ3) is 5.05. The minimum absolute atomic E-state index is 0.0137. The Bertz CT molecular complexity index is 1170. The van der Waals surface area contributed by atoms with E-state index in [4.69, 9.17) is 11.6 Å². The summed E-state index contributed by atoms with van der Waals surface area (Å²) < 4.78 is 2.15. The zero-order chi connectivity index (χ0) is 24.2. The maximum atomic E-state index is 13.6. The number of halogens is 1. The van der Waals surface area contributed by atoms with Crippen molar-refractivity contribution >= 4 is 23.4 Å². The average molecular weight is 478 g/mol. The van der Waals surface area contributed by atoms with Crippen LogP contribution in [0, 0.1) is 13.8 Å². The number of carbonyl (C=O) groups excluding carboxylic acids is 2. The molecular formula is C28H32ClN3O2. The first-order valence-electron chi connectivity index (χ1n) is 12.0. The molecule has 0 atom stereocenters. The third-order valence-electron chi connectivity index (χ3n) is 6.54. The highest BCUT2D eigenvalue weighted by atomic mass is 35.5. The molecule has 0 spiro atoms. The van der Waals surface area contributed by atoms with Crippen LogP contribution < -0.4 is 0 Å². The van der Waals surface area contributed by atoms with Gasteiger partial charge >= 0.3 is 0 Å². The van der Waals surface area contributed by atoms with Crippen LogP contribution in [0.3, 0.4) is 0 Å². The lowest BCUT2D eigenvalue weighted by molar-refractivity contribution is -0.132. The fraction of sp³-hybridized carbons (Fsp3) is 0.357. The largest absolute Gasteiger partial charge is 0.339 e. The summed E-state index contributed by atoms with van der Waals surface area (Å²) in [5.41, 5.74) is 5.73. The highest BCUT2D eigenvalue weighted by Gasteiger charge is 2.28. The van der Waals surface area contributed by atoms with Crippen LogP contribution in [-0.4, -0.2) is 52.4 Å². The smallest absolute Gasteiger partial charge is 0.255 e. The molecule has 0 saturated carbocycles. The Morgan fingerprint density at radius 1 is 0.912 bits per heavy atom. The lowest BCUT2D eigenvalue weighted by atomic mass is 10.1. The van der Waals surface area contributed by atoms with E-state index in [0.29, 0.717) is 43.2 Å². The summed E-state index contributed by atoms with van der Waals surface area (Å²) in [7, 11) is 0. The molecule has 1 aliphatic rings. The van der Waals surface area contributed by atoms with Gasteiger partial charge in [-0.3, -0.25) is 9.59 Å². The number of aromatic nitrogens is 1. The number of carbonyl (C=O) groups is 2. The van der Waals surface area contributed by atoms with Gasteiger partial charge in [-0.2, -0.15) is 0 Å². The average Bonchev–Trinajstić information content (AvgIpc) is 3.19. The molecule has 0 N–H and O–H groups in total. The van der Waals surface area contributed by atoms with E-state index in [9.17, 15) is 9.59 Å². The van der Waals surface area contributed by atoms with Crippen LogP contribution in [0.25, 0.3) is 16.9 Å². The van der Waals surface area contributed by atoms with E-state index in [0.717, 1.165) is 41.0 Å². The van der Waals surface area contributed by atoms with Gasteiger partial charge in [0.05, 0.1) is 11.3 Å². The maximum Gasteiger partial charge on any atom is 0.255 e. The van der Waals surface area contributed by atoms with Crippen LogP contribution in [0.5, 0.6) is 0 Å². The summed E-state index contributed by atoms with van der Waals surface area (Å²) in [6, 6.07) is 18.0. The summed E-state index contributed by atoms with van der Waals surface area (Å²) >= 11 is 6.13. The zero-order valence-corrected chi connectivity index (χ0v) is 20.9. The van der Waals surface area contributed by atoms with E-state index >= 15 is 0 Å². The van der Waals surface area contributed by atoms with Gasteiger partial charge in [-0.1, -0.05) is 49.2 Å². The normalized spacial score (nSPS) is 13.9. The summed E-state index contributed by atoms with van der Waals surface area (Å²) in [6.07, 6.45) is 2.52. The van der Waals surface area contributed by atoms with Crippen molar-refractivity contribution < 1.29 is 9.59 Å². The van der Waals surface area contributed by atoms with Crippen molar-refractivity contribution in [3.05, 3.63) is 76.4 Å². The standard InChI is InChI=1S/C28H32ClN3O2/c1-4-5-9-27(33)30-14-16-31(17-15-30)28(34)25-19-26(22-10-12-23(29)13-11-22)32(21(25)3)24-8-6-7-20(2)18-24/h6-8,10-13,18-19H,4-5,9,14-17H2,1-3H3. The second-order valence-electron chi connectivity index (χ2n) is 8.99. The van der Waals surface area contributed by atoms with Crippen molar-refractivity contribution in [1.29, 1.82) is 0 Å². The number of benzene rings is 2. The molecule has 0 radical (unpaired) electrons. The van der Waals surface area contributed by atoms with Crippen molar-refractivity contribution in [2.24, 2.45) is 0 Å². The second-order valence-corrected chi connectivity index (χ2v) is 9.42. The molecule has 1 saturated heterocycles. The minimum atomic E-state index is 0.0137. The number of rotatable bonds is 6. The fourth-order valence-electron chi connectivity index (χ4n) is 4.57. The van der Waals surface area contributed by atoms with Crippen LogP contribution in [0.4, 0.5) is 0 Å². The number of aryl methyl sites for hydroxylation is 1. The molecule has 34 heavy (non-hydrogen) atoms. The molecule has 0 aliphatic carbocycles. The van der Waals surface area contributed by atoms with Crippen molar-refractivity contribution in [2.75, 3.05) is 26.2 Å². The first-order chi connectivity index (χ1) is 16.4. The number of piperazine rings is 1. The molecule has 1 fully saturated rings. The topological polar surface area (TPSA) is 45.6 Å². The van der Waals surface area contributed by atoms with E-state index in [1.54, 1.807) is 0 Å². The summed E-state index contributed by atoms with van der Waals surface area (Å²) in [5, 5.41) is 0.678. The highest BCUT2D eigenvalue weighted by Crippen LogP contribution is 2.31. The van der Waals surface area contributed by atoms with Crippen molar-refractivity contribution in [3.63, 3.8) is 0 Å². The van der Waals surface area contributed by atoms with Gasteiger partial charge in [0.25, 0.3) is 5.91 Å². The highest BCUT2D eigenvalue weighted by molar-refractivity contribution is 6.30. The van der Waals surface area contributed by atoms with Gasteiger partial charge in [0.15, 0.2) is 0 Å². The first kappa shape index (κ1) is 24.1. The van der Waals surface area contributed by atoms with Crippen molar-refractivity contribution in [1.82, 2.24) is 14.4 Å². The van der Waals surface area contributed by atoms with Crippen molar-refractivity contribution in [2.45, 2.75) is 40.0 Å². The van der Waals surface area contributed by atoms with Crippen LogP contribution in [-0.2, 0) is 4.79 Å². The Balaban J connectivity index is 1.64. The van der Waals surface area contributed by atoms with Crippen LogP contribution in [0.15, 0.2) is 54.6 Å². The maximum absolute atomic E-state index is 13.6. The molecule has 2 aromatic carbocycles. The molecule has 2 heterocycles.